The van der Waals surface area contributed by atoms with Crippen LogP contribution in [0.2, 0.25) is 0 Å². The van der Waals surface area contributed by atoms with Gasteiger partial charge in [-0.3, -0.25) is 0 Å². The summed E-state index contributed by atoms with van der Waals surface area (Å²) in [5, 5.41) is 10.2. The standard InChI is InChI=1S/C14H20BrNO2.ClH/c1-18-11-8-7-10(15)12(14(11)17)13(16)9-5-3-2-4-6-9;/h7-9,13,17H,2-6,16H2,1H3;1H/t13-;/m1./s1. The van der Waals surface area contributed by atoms with Gasteiger partial charge in [-0.1, -0.05) is 35.2 Å². The summed E-state index contributed by atoms with van der Waals surface area (Å²) < 4.78 is 6.01. The van der Waals surface area contributed by atoms with E-state index >= 15 is 0 Å². The smallest absolute Gasteiger partial charge is 0.163 e. The first-order valence-corrected chi connectivity index (χ1v) is 7.25. The van der Waals surface area contributed by atoms with Gasteiger partial charge in [0.15, 0.2) is 11.5 Å². The fourth-order valence-electron chi connectivity index (χ4n) is 2.77. The number of rotatable bonds is 3. The van der Waals surface area contributed by atoms with Gasteiger partial charge in [0, 0.05) is 16.1 Å². The quantitative estimate of drug-likeness (QED) is 0.860. The average Bonchev–Trinajstić information content (AvgIpc) is 2.40. The van der Waals surface area contributed by atoms with Crippen molar-refractivity contribution in [1.82, 2.24) is 0 Å². The Labute approximate surface area is 129 Å². The number of methoxy groups -OCH3 is 1. The Morgan fingerprint density at radius 1 is 1.32 bits per heavy atom. The Kier molecular flexibility index (Phi) is 6.43. The number of ether oxygens (including phenoxy) is 1. The molecule has 0 amide bonds. The minimum absolute atomic E-state index is 0. The zero-order valence-corrected chi connectivity index (χ0v) is 13.5. The molecule has 1 atom stereocenters. The molecule has 1 aromatic rings. The molecular weight excluding hydrogens is 330 g/mol. The summed E-state index contributed by atoms with van der Waals surface area (Å²) in [6.07, 6.45) is 6.06. The normalized spacial score (nSPS) is 17.6. The third-order valence-electron chi connectivity index (χ3n) is 3.84. The van der Waals surface area contributed by atoms with Gasteiger partial charge < -0.3 is 15.6 Å². The van der Waals surface area contributed by atoms with Crippen molar-refractivity contribution < 1.29 is 9.84 Å². The topological polar surface area (TPSA) is 55.5 Å². The minimum atomic E-state index is -0.130. The average molecular weight is 351 g/mol. The van der Waals surface area contributed by atoms with Crippen molar-refractivity contribution in [3.63, 3.8) is 0 Å². The third kappa shape index (κ3) is 3.56. The highest BCUT2D eigenvalue weighted by Crippen LogP contribution is 2.43. The molecule has 108 valence electrons. The minimum Gasteiger partial charge on any atom is -0.504 e. The van der Waals surface area contributed by atoms with Crippen molar-refractivity contribution in [2.75, 3.05) is 7.11 Å². The Morgan fingerprint density at radius 3 is 2.53 bits per heavy atom. The van der Waals surface area contributed by atoms with Gasteiger partial charge in [0.25, 0.3) is 0 Å². The summed E-state index contributed by atoms with van der Waals surface area (Å²) in [5.74, 6) is 1.11. The van der Waals surface area contributed by atoms with E-state index in [1.807, 2.05) is 6.07 Å². The van der Waals surface area contributed by atoms with Gasteiger partial charge in [0.1, 0.15) is 0 Å². The van der Waals surface area contributed by atoms with Crippen LogP contribution in [-0.4, -0.2) is 12.2 Å². The molecular formula is C14H21BrClNO2. The molecule has 3 N–H and O–H groups in total. The number of benzene rings is 1. The van der Waals surface area contributed by atoms with Crippen molar-refractivity contribution in [2.24, 2.45) is 11.7 Å². The van der Waals surface area contributed by atoms with Crippen LogP contribution in [0.25, 0.3) is 0 Å². The van der Waals surface area contributed by atoms with Crippen LogP contribution in [0, 0.1) is 5.92 Å². The molecule has 3 nitrogen and oxygen atoms in total. The highest BCUT2D eigenvalue weighted by molar-refractivity contribution is 9.10. The second-order valence-electron chi connectivity index (χ2n) is 4.94. The van der Waals surface area contributed by atoms with Gasteiger partial charge in [-0.25, -0.2) is 0 Å². The van der Waals surface area contributed by atoms with Crippen LogP contribution in [0.3, 0.4) is 0 Å². The molecule has 2 rings (SSSR count). The molecule has 0 radical (unpaired) electrons. The van der Waals surface area contributed by atoms with E-state index in [1.165, 1.54) is 19.3 Å². The summed E-state index contributed by atoms with van der Waals surface area (Å²) in [6.45, 7) is 0. The van der Waals surface area contributed by atoms with E-state index in [9.17, 15) is 5.11 Å². The van der Waals surface area contributed by atoms with Crippen LogP contribution >= 0.6 is 28.3 Å². The largest absolute Gasteiger partial charge is 0.504 e. The molecule has 1 saturated carbocycles. The van der Waals surface area contributed by atoms with Crippen LogP contribution in [0.15, 0.2) is 16.6 Å². The summed E-state index contributed by atoms with van der Waals surface area (Å²) in [6, 6.07) is 3.50. The zero-order valence-electron chi connectivity index (χ0n) is 11.1. The van der Waals surface area contributed by atoms with Crippen molar-refractivity contribution in [3.8, 4) is 11.5 Å². The van der Waals surface area contributed by atoms with Gasteiger partial charge in [0.2, 0.25) is 0 Å². The fraction of sp³-hybridized carbons (Fsp3) is 0.571. The zero-order chi connectivity index (χ0) is 13.1. The summed E-state index contributed by atoms with van der Waals surface area (Å²) in [7, 11) is 1.55. The number of phenols is 1. The fourth-order valence-corrected chi connectivity index (χ4v) is 3.36. The highest BCUT2D eigenvalue weighted by Gasteiger charge is 2.26. The maximum atomic E-state index is 10.2. The van der Waals surface area contributed by atoms with Crippen molar-refractivity contribution in [2.45, 2.75) is 38.1 Å². The second-order valence-corrected chi connectivity index (χ2v) is 5.79. The summed E-state index contributed by atoms with van der Waals surface area (Å²) in [4.78, 5) is 0. The van der Waals surface area contributed by atoms with Gasteiger partial charge >= 0.3 is 0 Å². The number of nitrogens with two attached hydrogens (primary N) is 1. The van der Waals surface area contributed by atoms with Crippen molar-refractivity contribution >= 4 is 28.3 Å². The lowest BCUT2D eigenvalue weighted by Gasteiger charge is -2.29. The Balaban J connectivity index is 0.00000180. The maximum absolute atomic E-state index is 10.2. The van der Waals surface area contributed by atoms with E-state index < -0.39 is 0 Å². The van der Waals surface area contributed by atoms with Crippen molar-refractivity contribution in [1.29, 1.82) is 0 Å². The van der Waals surface area contributed by atoms with Crippen LogP contribution in [0.4, 0.5) is 0 Å². The molecule has 0 unspecified atom stereocenters. The van der Waals surface area contributed by atoms with E-state index in [-0.39, 0.29) is 24.2 Å². The SMILES string of the molecule is COc1ccc(Br)c([C@H](N)C2CCCCC2)c1O.Cl. The molecule has 0 heterocycles. The van der Waals surface area contributed by atoms with Crippen molar-refractivity contribution in [3.05, 3.63) is 22.2 Å². The second kappa shape index (κ2) is 7.36. The van der Waals surface area contributed by atoms with E-state index in [0.717, 1.165) is 22.9 Å². The molecule has 1 aliphatic rings. The van der Waals surface area contributed by atoms with Crippen LogP contribution < -0.4 is 10.5 Å². The first-order chi connectivity index (χ1) is 8.65. The predicted octanol–water partition coefficient (Wildman–Crippen LogP) is 4.17. The van der Waals surface area contributed by atoms with Crippen LogP contribution in [-0.2, 0) is 0 Å². The number of phenolic OH excluding ortho intramolecular Hbond substituents is 1. The molecule has 5 heteroatoms. The lowest BCUT2D eigenvalue weighted by Crippen LogP contribution is -2.24. The molecule has 0 spiro atoms. The molecule has 0 aliphatic heterocycles. The Morgan fingerprint density at radius 2 is 1.95 bits per heavy atom. The lowest BCUT2D eigenvalue weighted by molar-refractivity contribution is 0.298. The van der Waals surface area contributed by atoms with Gasteiger partial charge in [-0.2, -0.15) is 0 Å². The summed E-state index contributed by atoms with van der Waals surface area (Å²) >= 11 is 3.48. The molecule has 0 aromatic heterocycles. The number of aromatic hydroxyl groups is 1. The van der Waals surface area contributed by atoms with Crippen LogP contribution in [0.5, 0.6) is 11.5 Å². The molecule has 19 heavy (non-hydrogen) atoms. The van der Waals surface area contributed by atoms with E-state index in [4.69, 9.17) is 10.5 Å². The number of halogens is 2. The van der Waals surface area contributed by atoms with Gasteiger partial charge in [-0.05, 0) is 30.9 Å². The first kappa shape index (κ1) is 16.6. The lowest BCUT2D eigenvalue weighted by atomic mass is 9.81. The Hall–Kier alpha value is -0.450. The van der Waals surface area contributed by atoms with E-state index in [0.29, 0.717) is 11.7 Å². The number of hydrogen-bond donors (Lipinski definition) is 2. The van der Waals surface area contributed by atoms with E-state index in [2.05, 4.69) is 15.9 Å². The highest BCUT2D eigenvalue weighted by atomic mass is 79.9. The van der Waals surface area contributed by atoms with E-state index in [1.54, 1.807) is 13.2 Å². The first-order valence-electron chi connectivity index (χ1n) is 6.46. The number of hydrogen-bond acceptors (Lipinski definition) is 3. The van der Waals surface area contributed by atoms with Gasteiger partial charge in [0.05, 0.1) is 7.11 Å². The monoisotopic (exact) mass is 349 g/mol. The molecule has 1 aromatic carbocycles. The van der Waals surface area contributed by atoms with Crippen LogP contribution in [0.1, 0.15) is 43.7 Å². The van der Waals surface area contributed by atoms with Gasteiger partial charge in [-0.15, -0.1) is 12.4 Å². The molecule has 0 bridgehead atoms. The predicted molar refractivity (Wildman–Crippen MR) is 83.1 cm³/mol. The molecule has 0 saturated heterocycles. The third-order valence-corrected chi connectivity index (χ3v) is 4.53. The molecule has 1 fully saturated rings. The maximum Gasteiger partial charge on any atom is 0.163 e. The Bertz CT molecular complexity index is 422. The summed E-state index contributed by atoms with van der Waals surface area (Å²) in [5.41, 5.74) is 7.13. The molecule has 1 aliphatic carbocycles.